The lowest BCUT2D eigenvalue weighted by molar-refractivity contribution is -0.137. The second-order valence-corrected chi connectivity index (χ2v) is 5.87. The normalized spacial score (nSPS) is 11.3. The molecule has 0 aliphatic carbocycles. The Morgan fingerprint density at radius 2 is 1.92 bits per heavy atom. The fourth-order valence-electron chi connectivity index (χ4n) is 2.05. The summed E-state index contributed by atoms with van der Waals surface area (Å²) in [4.78, 5) is 26.6. The van der Waals surface area contributed by atoms with Crippen molar-refractivity contribution in [1.82, 2.24) is 10.3 Å². The summed E-state index contributed by atoms with van der Waals surface area (Å²) in [5.74, 6) is -3.66. The Hall–Kier alpha value is -2.77. The minimum absolute atomic E-state index is 0.113. The standard InChI is InChI=1S/C16H16F2N2O4/c1-16(2,7-6-12(21)22)20-14(23)11-8-24-15(19-11)13-9(17)4-3-5-10(13)18/h3-5,8H,6-7H2,1-2H3,(H,20,23)(H,21,22). The number of carbonyl (C=O) groups excluding carboxylic acids is 1. The van der Waals surface area contributed by atoms with Crippen LogP contribution in [0.4, 0.5) is 8.78 Å². The molecule has 0 aliphatic heterocycles. The highest BCUT2D eigenvalue weighted by atomic mass is 19.1. The van der Waals surface area contributed by atoms with E-state index in [0.29, 0.717) is 0 Å². The molecule has 6 nitrogen and oxygen atoms in total. The zero-order valence-corrected chi connectivity index (χ0v) is 13.1. The Balaban J connectivity index is 2.16. The first-order chi connectivity index (χ1) is 11.2. The lowest BCUT2D eigenvalue weighted by Gasteiger charge is -2.24. The number of hydrogen-bond acceptors (Lipinski definition) is 4. The number of hydrogen-bond donors (Lipinski definition) is 2. The Morgan fingerprint density at radius 1 is 1.29 bits per heavy atom. The van der Waals surface area contributed by atoms with Gasteiger partial charge in [0, 0.05) is 12.0 Å². The number of benzene rings is 1. The Kier molecular flexibility index (Phi) is 4.96. The number of carboxylic acid groups (broad SMARTS) is 1. The van der Waals surface area contributed by atoms with Gasteiger partial charge in [0.2, 0.25) is 5.89 Å². The Morgan fingerprint density at radius 3 is 2.50 bits per heavy atom. The minimum atomic E-state index is -0.976. The number of aliphatic carboxylic acids is 1. The van der Waals surface area contributed by atoms with E-state index in [1.54, 1.807) is 13.8 Å². The SMILES string of the molecule is CC(C)(CCC(=O)O)NC(=O)c1coc(-c2c(F)cccc2F)n1. The molecule has 0 spiro atoms. The van der Waals surface area contributed by atoms with E-state index < -0.39 is 34.6 Å². The van der Waals surface area contributed by atoms with Crippen LogP contribution >= 0.6 is 0 Å². The van der Waals surface area contributed by atoms with Crippen LogP contribution in [0.1, 0.15) is 37.2 Å². The fourth-order valence-corrected chi connectivity index (χ4v) is 2.05. The molecule has 1 heterocycles. The van der Waals surface area contributed by atoms with Crippen molar-refractivity contribution in [3.05, 3.63) is 41.8 Å². The molecular weight excluding hydrogens is 322 g/mol. The first kappa shape index (κ1) is 17.6. The van der Waals surface area contributed by atoms with Gasteiger partial charge in [0.05, 0.1) is 0 Å². The molecule has 0 atom stereocenters. The number of carboxylic acids is 1. The number of rotatable bonds is 6. The van der Waals surface area contributed by atoms with Crippen molar-refractivity contribution in [2.75, 3.05) is 0 Å². The van der Waals surface area contributed by atoms with Gasteiger partial charge < -0.3 is 14.8 Å². The summed E-state index contributed by atoms with van der Waals surface area (Å²) in [6, 6.07) is 3.31. The quantitative estimate of drug-likeness (QED) is 0.845. The molecule has 0 fully saturated rings. The molecule has 0 radical (unpaired) electrons. The van der Waals surface area contributed by atoms with Gasteiger partial charge in [-0.3, -0.25) is 9.59 Å². The molecule has 1 aromatic carbocycles. The molecule has 0 unspecified atom stereocenters. The number of carbonyl (C=O) groups is 2. The summed E-state index contributed by atoms with van der Waals surface area (Å²) in [6.07, 6.45) is 1.09. The second-order valence-electron chi connectivity index (χ2n) is 5.87. The van der Waals surface area contributed by atoms with Crippen LogP contribution in [0.25, 0.3) is 11.5 Å². The molecule has 0 bridgehead atoms. The highest BCUT2D eigenvalue weighted by molar-refractivity contribution is 5.93. The number of aromatic nitrogens is 1. The predicted octanol–water partition coefficient (Wildman–Crippen LogP) is 2.99. The number of nitrogens with one attached hydrogen (secondary N) is 1. The third-order valence-corrected chi connectivity index (χ3v) is 3.33. The van der Waals surface area contributed by atoms with Crippen LogP contribution in [0.5, 0.6) is 0 Å². The lowest BCUT2D eigenvalue weighted by atomic mass is 9.98. The molecule has 0 saturated carbocycles. The molecule has 0 saturated heterocycles. The van der Waals surface area contributed by atoms with Crippen molar-refractivity contribution < 1.29 is 27.9 Å². The van der Waals surface area contributed by atoms with Crippen molar-refractivity contribution in [2.24, 2.45) is 0 Å². The monoisotopic (exact) mass is 338 g/mol. The van der Waals surface area contributed by atoms with Gasteiger partial charge in [-0.15, -0.1) is 0 Å². The zero-order valence-electron chi connectivity index (χ0n) is 13.1. The minimum Gasteiger partial charge on any atom is -0.481 e. The molecule has 8 heteroatoms. The first-order valence-electron chi connectivity index (χ1n) is 7.14. The average molecular weight is 338 g/mol. The summed E-state index contributed by atoms with van der Waals surface area (Å²) in [7, 11) is 0. The van der Waals surface area contributed by atoms with Crippen LogP contribution < -0.4 is 5.32 Å². The molecule has 24 heavy (non-hydrogen) atoms. The average Bonchev–Trinajstić information content (AvgIpc) is 2.94. The van der Waals surface area contributed by atoms with E-state index in [-0.39, 0.29) is 24.4 Å². The molecule has 0 aliphatic rings. The van der Waals surface area contributed by atoms with Crippen LogP contribution in [0.15, 0.2) is 28.9 Å². The van der Waals surface area contributed by atoms with Crippen molar-refractivity contribution in [2.45, 2.75) is 32.2 Å². The summed E-state index contributed by atoms with van der Waals surface area (Å²) in [5.41, 5.74) is -1.41. The van der Waals surface area contributed by atoms with Crippen LogP contribution in [-0.2, 0) is 4.79 Å². The smallest absolute Gasteiger partial charge is 0.303 e. The first-order valence-corrected chi connectivity index (χ1v) is 7.14. The summed E-state index contributed by atoms with van der Waals surface area (Å²) < 4.78 is 32.4. The third kappa shape index (κ3) is 4.15. The van der Waals surface area contributed by atoms with Crippen molar-refractivity contribution in [3.63, 3.8) is 0 Å². The highest BCUT2D eigenvalue weighted by Crippen LogP contribution is 2.25. The maximum Gasteiger partial charge on any atom is 0.303 e. The topological polar surface area (TPSA) is 92.4 Å². The van der Waals surface area contributed by atoms with Gasteiger partial charge in [-0.2, -0.15) is 0 Å². The van der Waals surface area contributed by atoms with Crippen molar-refractivity contribution in [1.29, 1.82) is 0 Å². The van der Waals surface area contributed by atoms with Gasteiger partial charge in [-0.1, -0.05) is 6.07 Å². The maximum absolute atomic E-state index is 13.7. The van der Waals surface area contributed by atoms with Gasteiger partial charge in [0.1, 0.15) is 23.5 Å². The van der Waals surface area contributed by atoms with Gasteiger partial charge in [-0.05, 0) is 32.4 Å². The Labute approximate surface area is 136 Å². The maximum atomic E-state index is 13.7. The number of oxazole rings is 1. The predicted molar refractivity (Wildman–Crippen MR) is 80.3 cm³/mol. The molecule has 128 valence electrons. The van der Waals surface area contributed by atoms with Crippen LogP contribution in [0.3, 0.4) is 0 Å². The van der Waals surface area contributed by atoms with E-state index in [4.69, 9.17) is 9.52 Å². The van der Waals surface area contributed by atoms with Gasteiger partial charge in [-0.25, -0.2) is 13.8 Å². The van der Waals surface area contributed by atoms with Crippen molar-refractivity contribution in [3.8, 4) is 11.5 Å². The summed E-state index contributed by atoms with van der Waals surface area (Å²) >= 11 is 0. The van der Waals surface area contributed by atoms with E-state index >= 15 is 0 Å². The van der Waals surface area contributed by atoms with E-state index in [0.717, 1.165) is 18.4 Å². The van der Waals surface area contributed by atoms with E-state index in [1.165, 1.54) is 6.07 Å². The molecule has 1 aromatic heterocycles. The van der Waals surface area contributed by atoms with Crippen LogP contribution in [-0.4, -0.2) is 27.5 Å². The molecule has 1 amide bonds. The number of nitrogens with zero attached hydrogens (tertiary/aromatic N) is 1. The zero-order chi connectivity index (χ0) is 17.9. The highest BCUT2D eigenvalue weighted by Gasteiger charge is 2.25. The van der Waals surface area contributed by atoms with Gasteiger partial charge in [0.15, 0.2) is 5.69 Å². The van der Waals surface area contributed by atoms with Gasteiger partial charge in [0.25, 0.3) is 5.91 Å². The fraction of sp³-hybridized carbons (Fsp3) is 0.312. The molecule has 2 rings (SSSR count). The van der Waals surface area contributed by atoms with E-state index in [9.17, 15) is 18.4 Å². The molecule has 2 N–H and O–H groups in total. The Bertz CT molecular complexity index is 751. The van der Waals surface area contributed by atoms with Crippen LogP contribution in [0.2, 0.25) is 0 Å². The number of amides is 1. The molecular formula is C16H16F2N2O4. The molecule has 2 aromatic rings. The van der Waals surface area contributed by atoms with Crippen molar-refractivity contribution >= 4 is 11.9 Å². The lowest BCUT2D eigenvalue weighted by Crippen LogP contribution is -2.43. The number of halogens is 2. The largest absolute Gasteiger partial charge is 0.481 e. The van der Waals surface area contributed by atoms with E-state index in [1.807, 2.05) is 0 Å². The third-order valence-electron chi connectivity index (χ3n) is 3.33. The van der Waals surface area contributed by atoms with Gasteiger partial charge >= 0.3 is 5.97 Å². The summed E-state index contributed by atoms with van der Waals surface area (Å²) in [5, 5.41) is 11.3. The van der Waals surface area contributed by atoms with Crippen LogP contribution in [0, 0.1) is 11.6 Å². The van der Waals surface area contributed by atoms with E-state index in [2.05, 4.69) is 10.3 Å². The second kappa shape index (κ2) is 6.77. The summed E-state index contributed by atoms with van der Waals surface area (Å²) in [6.45, 7) is 3.32.